The van der Waals surface area contributed by atoms with E-state index in [1.165, 1.54) is 37.8 Å². The molecule has 4 N–H and O–H groups in total. The first-order chi connectivity index (χ1) is 15.7. The van der Waals surface area contributed by atoms with Gasteiger partial charge in [-0.15, -0.1) is 0 Å². The number of carboxylic acids is 2. The normalized spacial score (nSPS) is 10.8. The molecule has 0 radical (unpaired) electrons. The van der Waals surface area contributed by atoms with Gasteiger partial charge in [0.15, 0.2) is 0 Å². The monoisotopic (exact) mass is 582 g/mol. The summed E-state index contributed by atoms with van der Waals surface area (Å²) >= 11 is 6.56. The summed E-state index contributed by atoms with van der Waals surface area (Å²) < 4.78 is 0.866. The van der Waals surface area contributed by atoms with Crippen molar-refractivity contribution < 1.29 is 30.0 Å². The lowest BCUT2D eigenvalue weighted by Crippen LogP contribution is -2.03. The molecule has 0 aliphatic carbocycles. The molecule has 0 heterocycles. The van der Waals surface area contributed by atoms with E-state index in [1.807, 2.05) is 6.08 Å². The summed E-state index contributed by atoms with van der Waals surface area (Å²) in [5.41, 5.74) is 0.149. The lowest BCUT2D eigenvalue weighted by atomic mass is 9.92. The summed E-state index contributed by atoms with van der Waals surface area (Å²) in [4.78, 5) is 23.2. The van der Waals surface area contributed by atoms with Crippen LogP contribution in [0.5, 0.6) is 11.5 Å². The van der Waals surface area contributed by atoms with E-state index in [9.17, 15) is 30.0 Å². The van der Waals surface area contributed by atoms with Gasteiger partial charge in [0.1, 0.15) is 22.6 Å². The Balaban J connectivity index is 2.50. The SMILES string of the molecule is CCCCCCCCCC=C(c1cc(Br)cc(C(=O)O)c1O)c1cc(Br)cc(C(=O)O)c1O. The molecule has 6 nitrogen and oxygen atoms in total. The van der Waals surface area contributed by atoms with E-state index < -0.39 is 23.4 Å². The maximum Gasteiger partial charge on any atom is 0.339 e. The summed E-state index contributed by atoms with van der Waals surface area (Å²) in [5.74, 6) is -3.50. The van der Waals surface area contributed by atoms with E-state index in [1.54, 1.807) is 12.1 Å². The molecule has 0 atom stereocenters. The van der Waals surface area contributed by atoms with Crippen LogP contribution < -0.4 is 0 Å². The zero-order valence-corrected chi connectivity index (χ0v) is 21.6. The van der Waals surface area contributed by atoms with E-state index in [0.29, 0.717) is 20.9 Å². The van der Waals surface area contributed by atoms with Gasteiger partial charge in [-0.2, -0.15) is 0 Å². The molecule has 8 heteroatoms. The average Bonchev–Trinajstić information content (AvgIpc) is 2.75. The van der Waals surface area contributed by atoms with E-state index in [0.717, 1.165) is 19.3 Å². The predicted molar refractivity (Wildman–Crippen MR) is 135 cm³/mol. The molecular weight excluding hydrogens is 556 g/mol. The predicted octanol–water partition coefficient (Wildman–Crippen LogP) is 7.59. The van der Waals surface area contributed by atoms with Gasteiger partial charge in [-0.3, -0.25) is 0 Å². The third-order valence-corrected chi connectivity index (χ3v) is 6.26. The summed E-state index contributed by atoms with van der Waals surface area (Å²) in [6, 6.07) is 5.69. The minimum Gasteiger partial charge on any atom is -0.506 e. The number of aromatic hydroxyl groups is 2. The number of aromatic carboxylic acids is 2. The van der Waals surface area contributed by atoms with Crippen LogP contribution in [0.2, 0.25) is 0 Å². The first-order valence-corrected chi connectivity index (χ1v) is 12.5. The van der Waals surface area contributed by atoms with Crippen LogP contribution in [0.4, 0.5) is 0 Å². The van der Waals surface area contributed by atoms with Gasteiger partial charge >= 0.3 is 11.9 Å². The molecule has 0 fully saturated rings. The van der Waals surface area contributed by atoms with E-state index >= 15 is 0 Å². The van der Waals surface area contributed by atoms with Crippen LogP contribution in [0, 0.1) is 0 Å². The molecule has 0 saturated heterocycles. The lowest BCUT2D eigenvalue weighted by molar-refractivity contribution is 0.0682. The van der Waals surface area contributed by atoms with Gasteiger partial charge in [-0.05, 0) is 42.7 Å². The maximum atomic E-state index is 11.6. The second-order valence-electron chi connectivity index (χ2n) is 7.84. The molecule has 0 aliphatic rings. The van der Waals surface area contributed by atoms with Crippen molar-refractivity contribution in [1.82, 2.24) is 0 Å². The number of rotatable bonds is 12. The molecule has 0 spiro atoms. The fraction of sp³-hybridized carbons (Fsp3) is 0.360. The van der Waals surface area contributed by atoms with Crippen molar-refractivity contribution in [2.24, 2.45) is 0 Å². The Morgan fingerprint density at radius 3 is 1.55 bits per heavy atom. The van der Waals surface area contributed by atoms with E-state index in [-0.39, 0.29) is 22.3 Å². The molecule has 0 aliphatic heterocycles. The third-order valence-electron chi connectivity index (χ3n) is 5.35. The number of hydrogen-bond acceptors (Lipinski definition) is 4. The fourth-order valence-corrected chi connectivity index (χ4v) is 4.56. The third kappa shape index (κ3) is 7.33. The summed E-state index contributed by atoms with van der Waals surface area (Å²) in [6.45, 7) is 2.17. The minimum atomic E-state index is -1.30. The largest absolute Gasteiger partial charge is 0.506 e. The number of carbonyl (C=O) groups is 2. The molecule has 0 amide bonds. The number of halogens is 2. The maximum absolute atomic E-state index is 11.6. The Kier molecular flexibility index (Phi) is 10.4. The number of phenols is 2. The second-order valence-corrected chi connectivity index (χ2v) is 9.67. The fourth-order valence-electron chi connectivity index (χ4n) is 3.65. The van der Waals surface area contributed by atoms with Crippen molar-refractivity contribution in [2.75, 3.05) is 0 Å². The Morgan fingerprint density at radius 2 is 1.12 bits per heavy atom. The van der Waals surface area contributed by atoms with Gasteiger partial charge in [0.05, 0.1) is 0 Å². The van der Waals surface area contributed by atoms with Crippen LogP contribution >= 0.6 is 31.9 Å². The second kappa shape index (κ2) is 12.8. The Morgan fingerprint density at radius 1 is 0.727 bits per heavy atom. The van der Waals surface area contributed by atoms with Crippen molar-refractivity contribution in [3.05, 3.63) is 61.5 Å². The van der Waals surface area contributed by atoms with Crippen LogP contribution in [0.15, 0.2) is 39.3 Å². The zero-order valence-electron chi connectivity index (χ0n) is 18.4. The molecule has 0 unspecified atom stereocenters. The number of hydrogen-bond donors (Lipinski definition) is 4. The summed E-state index contributed by atoms with van der Waals surface area (Å²) in [7, 11) is 0. The van der Waals surface area contributed by atoms with Gasteiger partial charge in [0.25, 0.3) is 0 Å². The molecule has 0 aromatic heterocycles. The smallest absolute Gasteiger partial charge is 0.339 e. The van der Waals surface area contributed by atoms with Crippen LogP contribution in [0.25, 0.3) is 5.57 Å². The van der Waals surface area contributed by atoms with Crippen molar-refractivity contribution >= 4 is 49.4 Å². The van der Waals surface area contributed by atoms with E-state index in [2.05, 4.69) is 38.8 Å². The van der Waals surface area contributed by atoms with Crippen LogP contribution in [0.1, 0.15) is 90.1 Å². The number of allylic oxidation sites excluding steroid dienone is 1. The van der Waals surface area contributed by atoms with Gasteiger partial charge in [0, 0.05) is 20.1 Å². The highest BCUT2D eigenvalue weighted by Crippen LogP contribution is 2.41. The quantitative estimate of drug-likeness (QED) is 0.191. The average molecular weight is 584 g/mol. The van der Waals surface area contributed by atoms with Gasteiger partial charge in [-0.25, -0.2) is 9.59 Å². The zero-order chi connectivity index (χ0) is 24.5. The van der Waals surface area contributed by atoms with E-state index in [4.69, 9.17) is 0 Å². The molecule has 2 aromatic rings. The standard InChI is InChI=1S/C25H28Br2O6/c1-2-3-4-5-6-7-8-9-10-17(18-11-15(26)13-20(22(18)28)24(30)31)19-12-16(27)14-21(23(19)29)25(32)33/h10-14,28-29H,2-9H2,1H3,(H,30,31)(H,32,33). The van der Waals surface area contributed by atoms with Crippen molar-refractivity contribution in [3.8, 4) is 11.5 Å². The number of unbranched alkanes of at least 4 members (excludes halogenated alkanes) is 7. The van der Waals surface area contributed by atoms with Crippen molar-refractivity contribution in [2.45, 2.75) is 58.3 Å². The Labute approximate surface area is 210 Å². The van der Waals surface area contributed by atoms with Crippen LogP contribution in [-0.4, -0.2) is 32.4 Å². The first-order valence-electron chi connectivity index (χ1n) is 10.9. The Bertz CT molecular complexity index is 974. The summed E-state index contributed by atoms with van der Waals surface area (Å²) in [6.07, 6.45) is 10.2. The highest BCUT2D eigenvalue weighted by molar-refractivity contribution is 9.10. The molecule has 2 rings (SSSR count). The summed E-state index contributed by atoms with van der Waals surface area (Å²) in [5, 5.41) is 40.4. The topological polar surface area (TPSA) is 115 Å². The lowest BCUT2D eigenvalue weighted by Gasteiger charge is -2.16. The Hall–Kier alpha value is -2.32. The van der Waals surface area contributed by atoms with Crippen LogP contribution in [0.3, 0.4) is 0 Å². The van der Waals surface area contributed by atoms with Crippen molar-refractivity contribution in [1.29, 1.82) is 0 Å². The van der Waals surface area contributed by atoms with Crippen LogP contribution in [-0.2, 0) is 0 Å². The molecule has 178 valence electrons. The minimum absolute atomic E-state index is 0.189. The van der Waals surface area contributed by atoms with Gasteiger partial charge < -0.3 is 20.4 Å². The number of carboxylic acid groups (broad SMARTS) is 2. The molecule has 2 aromatic carbocycles. The first kappa shape index (κ1) is 26.9. The highest BCUT2D eigenvalue weighted by atomic mass is 79.9. The number of benzene rings is 2. The van der Waals surface area contributed by atoms with Crippen molar-refractivity contribution in [3.63, 3.8) is 0 Å². The van der Waals surface area contributed by atoms with Gasteiger partial charge in [0.2, 0.25) is 0 Å². The molecule has 0 saturated carbocycles. The molecule has 33 heavy (non-hydrogen) atoms. The van der Waals surface area contributed by atoms with Gasteiger partial charge in [-0.1, -0.05) is 83.4 Å². The highest BCUT2D eigenvalue weighted by Gasteiger charge is 2.23. The molecule has 0 bridgehead atoms. The molecular formula is C25H28Br2O6.